The molecular formula is C20H24F3N3O2. The number of carbonyl (C=O) groups excluding carboxylic acids is 2. The van der Waals surface area contributed by atoms with E-state index in [1.54, 1.807) is 30.9 Å². The summed E-state index contributed by atoms with van der Waals surface area (Å²) < 4.78 is 36.4. The number of piperazine rings is 1. The molecular weight excluding hydrogens is 371 g/mol. The highest BCUT2D eigenvalue weighted by Gasteiger charge is 2.36. The predicted molar refractivity (Wildman–Crippen MR) is 99.0 cm³/mol. The topological polar surface area (TPSA) is 61.4 Å². The molecule has 28 heavy (non-hydrogen) atoms. The first-order chi connectivity index (χ1) is 13.1. The molecule has 0 aliphatic carbocycles. The summed E-state index contributed by atoms with van der Waals surface area (Å²) in [5, 5.41) is 5.96. The number of alkyl halides is 3. The van der Waals surface area contributed by atoms with Crippen molar-refractivity contribution in [3.8, 4) is 11.8 Å². The van der Waals surface area contributed by atoms with Crippen molar-refractivity contribution in [1.29, 1.82) is 0 Å². The van der Waals surface area contributed by atoms with Crippen LogP contribution in [0.3, 0.4) is 0 Å². The molecule has 0 bridgehead atoms. The number of hydrogen-bond donors (Lipinski definition) is 2. The molecule has 0 aromatic heterocycles. The Morgan fingerprint density at radius 3 is 2.46 bits per heavy atom. The quantitative estimate of drug-likeness (QED) is 0.768. The SMILES string of the molecule is CC(C)C(=O)N1C(C)CNCC1C(=O)NCc1ccc(C#CC(F)(F)F)cc1. The van der Waals surface area contributed by atoms with Gasteiger partial charge in [-0.15, -0.1) is 0 Å². The standard InChI is InChI=1S/C20H24F3N3O2/c1-13(2)19(28)26-14(3)10-24-12-17(26)18(27)25-11-16-6-4-15(5-7-16)8-9-20(21,22)23/h4-7,13-14,17,24H,10-12H2,1-3H3,(H,25,27). The normalized spacial score (nSPS) is 19.8. The van der Waals surface area contributed by atoms with E-state index < -0.39 is 12.2 Å². The van der Waals surface area contributed by atoms with Gasteiger partial charge in [-0.3, -0.25) is 9.59 Å². The maximum Gasteiger partial charge on any atom is 0.458 e. The lowest BCUT2D eigenvalue weighted by atomic mass is 10.0. The number of carbonyl (C=O) groups is 2. The Morgan fingerprint density at radius 2 is 1.89 bits per heavy atom. The van der Waals surface area contributed by atoms with Gasteiger partial charge in [-0.1, -0.05) is 31.9 Å². The van der Waals surface area contributed by atoms with E-state index in [2.05, 4.69) is 10.6 Å². The number of amides is 2. The van der Waals surface area contributed by atoms with Crippen LogP contribution < -0.4 is 10.6 Å². The Bertz CT molecular complexity index is 764. The van der Waals surface area contributed by atoms with Gasteiger partial charge in [0.25, 0.3) is 0 Å². The molecule has 1 aromatic carbocycles. The molecule has 2 amide bonds. The van der Waals surface area contributed by atoms with Gasteiger partial charge in [0.15, 0.2) is 0 Å². The lowest BCUT2D eigenvalue weighted by Gasteiger charge is -2.41. The number of rotatable bonds is 4. The van der Waals surface area contributed by atoms with Crippen molar-refractivity contribution in [2.24, 2.45) is 5.92 Å². The minimum Gasteiger partial charge on any atom is -0.350 e. The molecule has 2 N–H and O–H groups in total. The van der Waals surface area contributed by atoms with Crippen LogP contribution in [0.2, 0.25) is 0 Å². The molecule has 1 heterocycles. The molecule has 2 unspecified atom stereocenters. The van der Waals surface area contributed by atoms with Crippen LogP contribution in [-0.4, -0.2) is 48.1 Å². The van der Waals surface area contributed by atoms with E-state index >= 15 is 0 Å². The third-order valence-electron chi connectivity index (χ3n) is 4.41. The highest BCUT2D eigenvalue weighted by molar-refractivity contribution is 5.89. The molecule has 1 saturated heterocycles. The third-order valence-corrected chi connectivity index (χ3v) is 4.41. The second kappa shape index (κ2) is 9.11. The van der Waals surface area contributed by atoms with E-state index in [1.807, 2.05) is 12.8 Å². The van der Waals surface area contributed by atoms with Gasteiger partial charge in [0.05, 0.1) is 0 Å². The fourth-order valence-electron chi connectivity index (χ4n) is 2.98. The van der Waals surface area contributed by atoms with Crippen LogP contribution in [0.4, 0.5) is 13.2 Å². The van der Waals surface area contributed by atoms with Crippen LogP contribution in [0.25, 0.3) is 0 Å². The van der Waals surface area contributed by atoms with Crippen molar-refractivity contribution in [2.45, 2.75) is 45.6 Å². The molecule has 2 rings (SSSR count). The molecule has 152 valence electrons. The van der Waals surface area contributed by atoms with Crippen LogP contribution >= 0.6 is 0 Å². The van der Waals surface area contributed by atoms with E-state index in [1.165, 1.54) is 18.1 Å². The molecule has 0 radical (unpaired) electrons. The summed E-state index contributed by atoms with van der Waals surface area (Å²) in [4.78, 5) is 26.8. The molecule has 1 aliphatic heterocycles. The van der Waals surface area contributed by atoms with Gasteiger partial charge in [-0.2, -0.15) is 13.2 Å². The number of benzene rings is 1. The summed E-state index contributed by atoms with van der Waals surface area (Å²) in [6, 6.07) is 5.47. The zero-order chi connectivity index (χ0) is 20.9. The summed E-state index contributed by atoms with van der Waals surface area (Å²) in [6.07, 6.45) is -4.53. The number of halogens is 3. The Morgan fingerprint density at radius 1 is 1.25 bits per heavy atom. The predicted octanol–water partition coefficient (Wildman–Crippen LogP) is 2.06. The molecule has 8 heteroatoms. The second-order valence-electron chi connectivity index (χ2n) is 7.09. The third kappa shape index (κ3) is 5.99. The van der Waals surface area contributed by atoms with E-state index in [0.29, 0.717) is 13.1 Å². The minimum atomic E-state index is -4.53. The van der Waals surface area contributed by atoms with Gasteiger partial charge in [0.2, 0.25) is 11.8 Å². The van der Waals surface area contributed by atoms with E-state index in [0.717, 1.165) is 5.56 Å². The summed E-state index contributed by atoms with van der Waals surface area (Å²) in [7, 11) is 0. The maximum absolute atomic E-state index is 12.6. The molecule has 1 aromatic rings. The van der Waals surface area contributed by atoms with Crippen LogP contribution in [0.15, 0.2) is 24.3 Å². The summed E-state index contributed by atoms with van der Waals surface area (Å²) in [5.41, 5.74) is 0.968. The average Bonchev–Trinajstić information content (AvgIpc) is 2.63. The van der Waals surface area contributed by atoms with Crippen molar-refractivity contribution >= 4 is 11.8 Å². The fraction of sp³-hybridized carbons (Fsp3) is 0.500. The van der Waals surface area contributed by atoms with E-state index in [-0.39, 0.29) is 35.9 Å². The van der Waals surface area contributed by atoms with Gasteiger partial charge >= 0.3 is 6.18 Å². The van der Waals surface area contributed by atoms with Crippen LogP contribution in [0, 0.1) is 17.8 Å². The first-order valence-corrected chi connectivity index (χ1v) is 9.08. The summed E-state index contributed by atoms with van der Waals surface area (Å²) in [6.45, 7) is 6.71. The Hall–Kier alpha value is -2.53. The second-order valence-corrected chi connectivity index (χ2v) is 7.09. The van der Waals surface area contributed by atoms with Crippen molar-refractivity contribution in [2.75, 3.05) is 13.1 Å². The van der Waals surface area contributed by atoms with E-state index in [9.17, 15) is 22.8 Å². The van der Waals surface area contributed by atoms with E-state index in [4.69, 9.17) is 0 Å². The lowest BCUT2D eigenvalue weighted by molar-refractivity contribution is -0.146. The van der Waals surface area contributed by atoms with Crippen molar-refractivity contribution in [3.63, 3.8) is 0 Å². The molecule has 1 fully saturated rings. The van der Waals surface area contributed by atoms with Crippen molar-refractivity contribution in [3.05, 3.63) is 35.4 Å². The first kappa shape index (κ1) is 21.8. The minimum absolute atomic E-state index is 0.0678. The summed E-state index contributed by atoms with van der Waals surface area (Å²) in [5.74, 6) is 2.72. The number of nitrogens with zero attached hydrogens (tertiary/aromatic N) is 1. The maximum atomic E-state index is 12.6. The van der Waals surface area contributed by atoms with Gasteiger partial charge in [0, 0.05) is 43.1 Å². The van der Waals surface area contributed by atoms with Crippen LogP contribution in [-0.2, 0) is 16.1 Å². The lowest BCUT2D eigenvalue weighted by Crippen LogP contribution is -2.63. The molecule has 0 saturated carbocycles. The molecule has 1 aliphatic rings. The molecule has 2 atom stereocenters. The van der Waals surface area contributed by atoms with Gasteiger partial charge in [0.1, 0.15) is 6.04 Å². The zero-order valence-corrected chi connectivity index (χ0v) is 16.1. The molecule has 5 nitrogen and oxygen atoms in total. The largest absolute Gasteiger partial charge is 0.458 e. The van der Waals surface area contributed by atoms with Gasteiger partial charge in [-0.25, -0.2) is 0 Å². The number of nitrogens with one attached hydrogen (secondary N) is 2. The van der Waals surface area contributed by atoms with Crippen molar-refractivity contribution in [1.82, 2.24) is 15.5 Å². The average molecular weight is 395 g/mol. The van der Waals surface area contributed by atoms with Crippen molar-refractivity contribution < 1.29 is 22.8 Å². The Labute approximate surface area is 162 Å². The van der Waals surface area contributed by atoms with Gasteiger partial charge < -0.3 is 15.5 Å². The Kier molecular flexibility index (Phi) is 7.08. The first-order valence-electron chi connectivity index (χ1n) is 9.08. The summed E-state index contributed by atoms with van der Waals surface area (Å²) >= 11 is 0. The van der Waals surface area contributed by atoms with Crippen LogP contribution in [0.1, 0.15) is 31.9 Å². The molecule has 0 spiro atoms. The highest BCUT2D eigenvalue weighted by atomic mass is 19.4. The monoisotopic (exact) mass is 395 g/mol. The smallest absolute Gasteiger partial charge is 0.350 e. The zero-order valence-electron chi connectivity index (χ0n) is 16.1. The highest BCUT2D eigenvalue weighted by Crippen LogP contribution is 2.15. The van der Waals surface area contributed by atoms with Crippen LogP contribution in [0.5, 0.6) is 0 Å². The fourth-order valence-corrected chi connectivity index (χ4v) is 2.98. The Balaban J connectivity index is 2.00. The van der Waals surface area contributed by atoms with Gasteiger partial charge in [-0.05, 0) is 24.6 Å². The number of hydrogen-bond acceptors (Lipinski definition) is 3.